The molecule has 0 aliphatic rings. The fourth-order valence-corrected chi connectivity index (χ4v) is 0.946. The molecular weight excluding hydrogens is 168 g/mol. The third-order valence-electron chi connectivity index (χ3n) is 1.19. The van der Waals surface area contributed by atoms with Crippen LogP contribution < -0.4 is 0 Å². The van der Waals surface area contributed by atoms with Gasteiger partial charge in [0.1, 0.15) is 0 Å². The molecule has 0 aromatic heterocycles. The number of hydrogen-bond acceptors (Lipinski definition) is 0. The predicted molar refractivity (Wildman–Crippen MR) is 77.1 cm³/mol. The van der Waals surface area contributed by atoms with Crippen molar-refractivity contribution in [3.63, 3.8) is 0 Å². The highest BCUT2D eigenvalue weighted by molar-refractivity contribution is 4.95. The Balaban J connectivity index is -0.0000000320. The van der Waals surface area contributed by atoms with Crippen LogP contribution >= 0.6 is 0 Å². The topological polar surface area (TPSA) is 0 Å². The fourth-order valence-electron chi connectivity index (χ4n) is 0.946. The van der Waals surface area contributed by atoms with Gasteiger partial charge in [-0.25, -0.2) is 0 Å². The summed E-state index contributed by atoms with van der Waals surface area (Å²) in [6.07, 6.45) is 5.41. The summed E-state index contributed by atoms with van der Waals surface area (Å²) in [7, 11) is 0. The summed E-state index contributed by atoms with van der Waals surface area (Å²) in [6, 6.07) is 0. The van der Waals surface area contributed by atoms with Crippen LogP contribution in [0.15, 0.2) is 24.3 Å². The minimum atomic E-state index is 0. The van der Waals surface area contributed by atoms with E-state index in [-0.39, 0.29) is 37.1 Å². The summed E-state index contributed by atoms with van der Waals surface area (Å²) in [6.45, 7) is 10.2. The Bertz CT molecular complexity index is 109. The summed E-state index contributed by atoms with van der Waals surface area (Å²) in [5.74, 6) is 0.660. The van der Waals surface area contributed by atoms with Gasteiger partial charge in [0, 0.05) is 0 Å². The standard InChI is InChI=1S/C9H16.5CH4/c1-5-6-9(4)7-8(2)3;;;;;/h5-6,9H,2,7H2,1,3-4H3;5*1H4/b6-5+;;;;;. The maximum atomic E-state index is 3.84. The molecule has 0 saturated carbocycles. The Morgan fingerprint density at radius 2 is 1.50 bits per heavy atom. The van der Waals surface area contributed by atoms with Crippen molar-refractivity contribution in [2.24, 2.45) is 5.92 Å². The van der Waals surface area contributed by atoms with Gasteiger partial charge in [-0.1, -0.05) is 61.8 Å². The molecule has 0 N–H and O–H groups in total. The molecule has 0 bridgehead atoms. The van der Waals surface area contributed by atoms with Gasteiger partial charge in [0.25, 0.3) is 0 Å². The van der Waals surface area contributed by atoms with Crippen LogP contribution in [-0.4, -0.2) is 0 Å². The predicted octanol–water partition coefficient (Wildman–Crippen LogP) is 6.35. The molecule has 0 aliphatic carbocycles. The Kier molecular flexibility index (Phi) is 61.3. The molecule has 0 spiro atoms. The van der Waals surface area contributed by atoms with Crippen LogP contribution in [0.5, 0.6) is 0 Å². The van der Waals surface area contributed by atoms with Gasteiger partial charge in [-0.2, -0.15) is 0 Å². The van der Waals surface area contributed by atoms with E-state index in [9.17, 15) is 0 Å². The van der Waals surface area contributed by atoms with E-state index in [1.165, 1.54) is 5.57 Å². The van der Waals surface area contributed by atoms with E-state index in [0.717, 1.165) is 6.42 Å². The van der Waals surface area contributed by atoms with Gasteiger partial charge in [0.2, 0.25) is 0 Å². The smallest absolute Gasteiger partial charge is 0.0225 e. The highest BCUT2D eigenvalue weighted by Gasteiger charge is 1.94. The monoisotopic (exact) mass is 204 g/mol. The van der Waals surface area contributed by atoms with Crippen molar-refractivity contribution >= 4 is 0 Å². The lowest BCUT2D eigenvalue weighted by atomic mass is 10.0. The van der Waals surface area contributed by atoms with Gasteiger partial charge >= 0.3 is 0 Å². The van der Waals surface area contributed by atoms with Crippen molar-refractivity contribution in [2.75, 3.05) is 0 Å². The second-order valence-corrected chi connectivity index (χ2v) is 2.66. The Morgan fingerprint density at radius 3 is 1.71 bits per heavy atom. The van der Waals surface area contributed by atoms with Crippen LogP contribution in [0.3, 0.4) is 0 Å². The summed E-state index contributed by atoms with van der Waals surface area (Å²) in [4.78, 5) is 0. The van der Waals surface area contributed by atoms with Crippen LogP contribution in [0.1, 0.15) is 64.3 Å². The first-order valence-corrected chi connectivity index (χ1v) is 3.44. The molecule has 0 saturated heterocycles. The first-order valence-electron chi connectivity index (χ1n) is 3.44. The van der Waals surface area contributed by atoms with Crippen molar-refractivity contribution in [3.8, 4) is 0 Å². The second-order valence-electron chi connectivity index (χ2n) is 2.66. The van der Waals surface area contributed by atoms with Crippen molar-refractivity contribution in [1.29, 1.82) is 0 Å². The van der Waals surface area contributed by atoms with Crippen molar-refractivity contribution in [1.82, 2.24) is 0 Å². The molecule has 0 rings (SSSR count). The average molecular weight is 204 g/mol. The highest BCUT2D eigenvalue weighted by Crippen LogP contribution is 2.09. The van der Waals surface area contributed by atoms with Crippen LogP contribution in [0.25, 0.3) is 0 Å². The van der Waals surface area contributed by atoms with Gasteiger partial charge in [-0.05, 0) is 26.2 Å². The van der Waals surface area contributed by atoms with Gasteiger partial charge < -0.3 is 0 Å². The summed E-state index contributed by atoms with van der Waals surface area (Å²) < 4.78 is 0. The minimum absolute atomic E-state index is 0. The summed E-state index contributed by atoms with van der Waals surface area (Å²) in [5, 5.41) is 0. The normalized spacial score (nSPS) is 9.07. The Labute approximate surface area is 95.1 Å². The fraction of sp³-hybridized carbons (Fsp3) is 0.714. The number of rotatable bonds is 3. The molecule has 0 radical (unpaired) electrons. The molecule has 0 amide bonds. The van der Waals surface area contributed by atoms with Crippen LogP contribution in [0.2, 0.25) is 0 Å². The van der Waals surface area contributed by atoms with Gasteiger partial charge in [0.05, 0.1) is 0 Å². The van der Waals surface area contributed by atoms with Crippen molar-refractivity contribution < 1.29 is 0 Å². The second kappa shape index (κ2) is 22.9. The summed E-state index contributed by atoms with van der Waals surface area (Å²) in [5.41, 5.74) is 1.26. The first kappa shape index (κ1) is 37.5. The lowest BCUT2D eigenvalue weighted by Crippen LogP contribution is -1.88. The average Bonchev–Trinajstić information content (AvgIpc) is 1.63. The molecule has 0 nitrogen and oxygen atoms in total. The van der Waals surface area contributed by atoms with E-state index in [2.05, 4.69) is 39.5 Å². The Hall–Kier alpha value is -0.520. The van der Waals surface area contributed by atoms with Crippen LogP contribution in [-0.2, 0) is 0 Å². The molecule has 0 aromatic rings. The van der Waals surface area contributed by atoms with Crippen molar-refractivity contribution in [3.05, 3.63) is 24.3 Å². The molecule has 14 heavy (non-hydrogen) atoms. The Morgan fingerprint density at radius 1 is 1.14 bits per heavy atom. The molecule has 0 heteroatoms. The maximum Gasteiger partial charge on any atom is -0.0225 e. The molecular formula is C14H36. The number of allylic oxidation sites excluding steroid dienone is 3. The number of hydrogen-bond donors (Lipinski definition) is 0. The van der Waals surface area contributed by atoms with E-state index in [0.29, 0.717) is 5.92 Å². The third kappa shape index (κ3) is 30.0. The molecule has 0 heterocycles. The molecule has 0 aromatic carbocycles. The summed E-state index contributed by atoms with van der Waals surface area (Å²) >= 11 is 0. The van der Waals surface area contributed by atoms with E-state index >= 15 is 0 Å². The molecule has 1 unspecified atom stereocenters. The van der Waals surface area contributed by atoms with Gasteiger partial charge in [0.15, 0.2) is 0 Å². The molecule has 0 aliphatic heterocycles. The first-order chi connectivity index (χ1) is 4.16. The zero-order valence-corrected chi connectivity index (χ0v) is 6.65. The van der Waals surface area contributed by atoms with Crippen molar-refractivity contribution in [2.45, 2.75) is 64.3 Å². The maximum absolute atomic E-state index is 3.84. The van der Waals surface area contributed by atoms with Gasteiger partial charge in [-0.15, -0.1) is 6.58 Å². The largest absolute Gasteiger partial charge is 0.100 e. The van der Waals surface area contributed by atoms with E-state index < -0.39 is 0 Å². The van der Waals surface area contributed by atoms with E-state index in [4.69, 9.17) is 0 Å². The zero-order valence-electron chi connectivity index (χ0n) is 6.65. The van der Waals surface area contributed by atoms with E-state index in [1.807, 2.05) is 0 Å². The minimum Gasteiger partial charge on any atom is -0.100 e. The quantitative estimate of drug-likeness (QED) is 0.470. The molecule has 92 valence electrons. The third-order valence-corrected chi connectivity index (χ3v) is 1.19. The van der Waals surface area contributed by atoms with Crippen LogP contribution in [0, 0.1) is 5.92 Å². The molecule has 1 atom stereocenters. The van der Waals surface area contributed by atoms with E-state index in [1.54, 1.807) is 0 Å². The van der Waals surface area contributed by atoms with Gasteiger partial charge in [-0.3, -0.25) is 0 Å². The van der Waals surface area contributed by atoms with Crippen LogP contribution in [0.4, 0.5) is 0 Å². The lowest BCUT2D eigenvalue weighted by Gasteiger charge is -2.02. The molecule has 0 fully saturated rings. The SMILES string of the molecule is C.C.C.C.C.C=C(C)CC(C)/C=C/C. The zero-order chi connectivity index (χ0) is 7.28. The highest BCUT2D eigenvalue weighted by atomic mass is 14.0. The lowest BCUT2D eigenvalue weighted by molar-refractivity contribution is 0.717.